The SMILES string of the molecule is CN(CCC#N)C(=O)Nc1ccc(C(C)(C)C(=O)O)cc1. The molecule has 0 heterocycles. The second-order valence-corrected chi connectivity index (χ2v) is 5.27. The fourth-order valence-corrected chi connectivity index (χ4v) is 1.63. The maximum absolute atomic E-state index is 11.8. The molecule has 0 fully saturated rings. The summed E-state index contributed by atoms with van der Waals surface area (Å²) in [6.45, 7) is 3.60. The molecule has 2 N–H and O–H groups in total. The van der Waals surface area contributed by atoms with Gasteiger partial charge in [-0.15, -0.1) is 0 Å². The van der Waals surface area contributed by atoms with Crippen LogP contribution in [0.4, 0.5) is 10.5 Å². The first-order chi connectivity index (χ1) is 9.78. The van der Waals surface area contributed by atoms with Crippen molar-refractivity contribution < 1.29 is 14.7 Å². The largest absolute Gasteiger partial charge is 0.481 e. The normalized spacial score (nSPS) is 10.6. The van der Waals surface area contributed by atoms with Crippen molar-refractivity contribution >= 4 is 17.7 Å². The molecule has 0 aliphatic heterocycles. The second kappa shape index (κ2) is 6.75. The Morgan fingerprint density at radius 3 is 2.38 bits per heavy atom. The van der Waals surface area contributed by atoms with E-state index in [2.05, 4.69) is 5.32 Å². The Morgan fingerprint density at radius 2 is 1.90 bits per heavy atom. The predicted molar refractivity (Wildman–Crippen MR) is 79.0 cm³/mol. The van der Waals surface area contributed by atoms with E-state index < -0.39 is 11.4 Å². The highest BCUT2D eigenvalue weighted by Gasteiger charge is 2.29. The van der Waals surface area contributed by atoms with Crippen LogP contribution in [-0.4, -0.2) is 35.6 Å². The Labute approximate surface area is 124 Å². The van der Waals surface area contributed by atoms with E-state index in [1.54, 1.807) is 45.2 Å². The lowest BCUT2D eigenvalue weighted by Crippen LogP contribution is -2.32. The molecule has 0 aliphatic rings. The van der Waals surface area contributed by atoms with Gasteiger partial charge in [-0.05, 0) is 31.5 Å². The van der Waals surface area contributed by atoms with E-state index >= 15 is 0 Å². The van der Waals surface area contributed by atoms with Crippen LogP contribution in [0.2, 0.25) is 0 Å². The summed E-state index contributed by atoms with van der Waals surface area (Å²) in [5.74, 6) is -0.907. The van der Waals surface area contributed by atoms with E-state index in [0.29, 0.717) is 17.8 Å². The number of carbonyl (C=O) groups excluding carboxylic acids is 1. The molecule has 112 valence electrons. The molecule has 6 nitrogen and oxygen atoms in total. The summed E-state index contributed by atoms with van der Waals surface area (Å²) < 4.78 is 0. The summed E-state index contributed by atoms with van der Waals surface area (Å²) in [6.07, 6.45) is 0.273. The Kier molecular flexibility index (Phi) is 5.30. The van der Waals surface area contributed by atoms with E-state index in [1.165, 1.54) is 4.90 Å². The average Bonchev–Trinajstić information content (AvgIpc) is 2.45. The van der Waals surface area contributed by atoms with Crippen molar-refractivity contribution in [3.8, 4) is 6.07 Å². The van der Waals surface area contributed by atoms with E-state index in [4.69, 9.17) is 10.4 Å². The summed E-state index contributed by atoms with van der Waals surface area (Å²) >= 11 is 0. The molecule has 0 radical (unpaired) electrons. The Hall–Kier alpha value is -2.55. The number of benzene rings is 1. The molecule has 1 aromatic carbocycles. The maximum atomic E-state index is 11.8. The molecular weight excluding hydrogens is 270 g/mol. The van der Waals surface area contributed by atoms with Gasteiger partial charge >= 0.3 is 12.0 Å². The molecule has 0 aliphatic carbocycles. The van der Waals surface area contributed by atoms with Crippen LogP contribution >= 0.6 is 0 Å². The van der Waals surface area contributed by atoms with Gasteiger partial charge in [-0.25, -0.2) is 4.79 Å². The van der Waals surface area contributed by atoms with E-state index in [1.807, 2.05) is 6.07 Å². The topological polar surface area (TPSA) is 93.4 Å². The Bertz CT molecular complexity index is 559. The number of urea groups is 1. The zero-order valence-corrected chi connectivity index (χ0v) is 12.4. The number of nitrogens with one attached hydrogen (secondary N) is 1. The molecule has 0 saturated heterocycles. The number of hydrogen-bond acceptors (Lipinski definition) is 3. The van der Waals surface area contributed by atoms with Crippen molar-refractivity contribution in [2.24, 2.45) is 0 Å². The molecule has 1 aromatic rings. The third-order valence-electron chi connectivity index (χ3n) is 3.30. The first kappa shape index (κ1) is 16.5. The summed E-state index contributed by atoms with van der Waals surface area (Å²) in [6, 6.07) is 8.35. The monoisotopic (exact) mass is 289 g/mol. The number of rotatable bonds is 5. The number of amides is 2. The van der Waals surface area contributed by atoms with Gasteiger partial charge in [0.25, 0.3) is 0 Å². The summed E-state index contributed by atoms with van der Waals surface area (Å²) in [5.41, 5.74) is 0.256. The van der Waals surface area contributed by atoms with Gasteiger partial charge in [-0.2, -0.15) is 5.26 Å². The third kappa shape index (κ3) is 4.21. The molecule has 0 atom stereocenters. The van der Waals surface area contributed by atoms with Crippen molar-refractivity contribution in [3.63, 3.8) is 0 Å². The number of carbonyl (C=O) groups is 2. The summed E-state index contributed by atoms with van der Waals surface area (Å²) in [4.78, 5) is 24.4. The van der Waals surface area contributed by atoms with Crippen LogP contribution in [0, 0.1) is 11.3 Å². The van der Waals surface area contributed by atoms with Gasteiger partial charge in [-0.1, -0.05) is 12.1 Å². The number of carboxylic acids is 1. The Balaban J connectivity index is 2.74. The Morgan fingerprint density at radius 1 is 1.33 bits per heavy atom. The van der Waals surface area contributed by atoms with Crippen LogP contribution in [0.25, 0.3) is 0 Å². The highest BCUT2D eigenvalue weighted by molar-refractivity contribution is 5.89. The number of hydrogen-bond donors (Lipinski definition) is 2. The lowest BCUT2D eigenvalue weighted by Gasteiger charge is -2.20. The maximum Gasteiger partial charge on any atom is 0.321 e. The molecule has 6 heteroatoms. The van der Waals surface area contributed by atoms with Gasteiger partial charge in [0.2, 0.25) is 0 Å². The van der Waals surface area contributed by atoms with Crippen LogP contribution in [0.5, 0.6) is 0 Å². The summed E-state index contributed by atoms with van der Waals surface area (Å²) in [7, 11) is 1.61. The van der Waals surface area contributed by atoms with Crippen molar-refractivity contribution in [3.05, 3.63) is 29.8 Å². The fourth-order valence-electron chi connectivity index (χ4n) is 1.63. The zero-order chi connectivity index (χ0) is 16.0. The summed E-state index contributed by atoms with van der Waals surface area (Å²) in [5, 5.41) is 20.3. The lowest BCUT2D eigenvalue weighted by molar-refractivity contribution is -0.142. The molecule has 1 rings (SSSR count). The number of nitrogens with zero attached hydrogens (tertiary/aromatic N) is 2. The molecular formula is C15H19N3O3. The van der Waals surface area contributed by atoms with Crippen LogP contribution in [0.1, 0.15) is 25.8 Å². The lowest BCUT2D eigenvalue weighted by atomic mass is 9.85. The zero-order valence-electron chi connectivity index (χ0n) is 12.4. The first-order valence-corrected chi connectivity index (χ1v) is 6.52. The van der Waals surface area contributed by atoms with Crippen LogP contribution in [0.15, 0.2) is 24.3 Å². The number of aliphatic carboxylic acids is 1. The first-order valence-electron chi connectivity index (χ1n) is 6.52. The van der Waals surface area contributed by atoms with Gasteiger partial charge in [0.15, 0.2) is 0 Å². The van der Waals surface area contributed by atoms with Gasteiger partial charge in [0.1, 0.15) is 0 Å². The third-order valence-corrected chi connectivity index (χ3v) is 3.30. The number of anilines is 1. The van der Waals surface area contributed by atoms with Crippen molar-refractivity contribution in [1.82, 2.24) is 4.90 Å². The molecule has 0 bridgehead atoms. The van der Waals surface area contributed by atoms with Crippen LogP contribution in [0.3, 0.4) is 0 Å². The molecule has 2 amide bonds. The number of nitriles is 1. The van der Waals surface area contributed by atoms with E-state index in [0.717, 1.165) is 0 Å². The quantitative estimate of drug-likeness (QED) is 0.870. The molecule has 21 heavy (non-hydrogen) atoms. The predicted octanol–water partition coefficient (Wildman–Crippen LogP) is 2.43. The van der Waals surface area contributed by atoms with Crippen LogP contribution < -0.4 is 5.32 Å². The van der Waals surface area contributed by atoms with E-state index in [9.17, 15) is 9.59 Å². The van der Waals surface area contributed by atoms with Crippen LogP contribution in [-0.2, 0) is 10.2 Å². The van der Waals surface area contributed by atoms with Gasteiger partial charge < -0.3 is 15.3 Å². The minimum atomic E-state index is -0.980. The van der Waals surface area contributed by atoms with E-state index in [-0.39, 0.29) is 12.5 Å². The molecule has 0 aromatic heterocycles. The minimum absolute atomic E-state index is 0.273. The molecule has 0 spiro atoms. The average molecular weight is 289 g/mol. The highest BCUT2D eigenvalue weighted by Crippen LogP contribution is 2.24. The van der Waals surface area contributed by atoms with Crippen molar-refractivity contribution in [2.75, 3.05) is 18.9 Å². The minimum Gasteiger partial charge on any atom is -0.481 e. The van der Waals surface area contributed by atoms with Gasteiger partial charge in [0.05, 0.1) is 17.9 Å². The number of carboxylic acid groups (broad SMARTS) is 1. The molecule has 0 saturated carbocycles. The highest BCUT2D eigenvalue weighted by atomic mass is 16.4. The van der Waals surface area contributed by atoms with Gasteiger partial charge in [-0.3, -0.25) is 4.79 Å². The van der Waals surface area contributed by atoms with Gasteiger partial charge in [0, 0.05) is 19.3 Å². The second-order valence-electron chi connectivity index (χ2n) is 5.27. The van der Waals surface area contributed by atoms with Crippen molar-refractivity contribution in [2.45, 2.75) is 25.7 Å². The smallest absolute Gasteiger partial charge is 0.321 e. The molecule has 0 unspecified atom stereocenters. The standard InChI is InChI=1S/C15H19N3O3/c1-15(2,13(19)20)11-5-7-12(8-6-11)17-14(21)18(3)10-4-9-16/h5-8H,4,10H2,1-3H3,(H,17,21)(H,19,20). The fraction of sp³-hybridized carbons (Fsp3) is 0.400. The van der Waals surface area contributed by atoms with Crippen molar-refractivity contribution in [1.29, 1.82) is 5.26 Å².